The van der Waals surface area contributed by atoms with Gasteiger partial charge in [0.25, 0.3) is 0 Å². The van der Waals surface area contributed by atoms with Crippen LogP contribution < -0.4 is 0 Å². The first kappa shape index (κ1) is 14.6. The Morgan fingerprint density at radius 3 is 2.77 bits per heavy atom. The molecular formula is C16H26N4O2. The number of hydrogen-bond donors (Lipinski definition) is 0. The van der Waals surface area contributed by atoms with Gasteiger partial charge in [0.05, 0.1) is 25.5 Å². The lowest BCUT2D eigenvalue weighted by Crippen LogP contribution is -2.38. The fourth-order valence-electron chi connectivity index (χ4n) is 3.80. The maximum atomic E-state index is 5.55. The van der Waals surface area contributed by atoms with Crippen LogP contribution in [0.5, 0.6) is 0 Å². The lowest BCUT2D eigenvalue weighted by atomic mass is 10.2. The van der Waals surface area contributed by atoms with Crippen molar-refractivity contribution in [3.63, 3.8) is 0 Å². The van der Waals surface area contributed by atoms with Crippen molar-refractivity contribution in [2.24, 2.45) is 0 Å². The Kier molecular flexibility index (Phi) is 4.43. The molecular weight excluding hydrogens is 280 g/mol. The molecule has 0 radical (unpaired) electrons. The van der Waals surface area contributed by atoms with Gasteiger partial charge in [0.2, 0.25) is 0 Å². The van der Waals surface area contributed by atoms with E-state index in [9.17, 15) is 0 Å². The van der Waals surface area contributed by atoms with Gasteiger partial charge >= 0.3 is 0 Å². The van der Waals surface area contributed by atoms with Crippen LogP contribution in [-0.4, -0.2) is 78.0 Å². The summed E-state index contributed by atoms with van der Waals surface area (Å²) >= 11 is 0. The van der Waals surface area contributed by atoms with Crippen LogP contribution in [0.4, 0.5) is 0 Å². The first-order valence-electron chi connectivity index (χ1n) is 8.55. The first-order valence-corrected chi connectivity index (χ1v) is 8.55. The summed E-state index contributed by atoms with van der Waals surface area (Å²) in [5.41, 5.74) is 1.36. The third kappa shape index (κ3) is 3.06. The summed E-state index contributed by atoms with van der Waals surface area (Å²) in [7, 11) is 0. The molecule has 0 amide bonds. The highest BCUT2D eigenvalue weighted by atomic mass is 16.5. The number of nitrogens with zero attached hydrogens (tertiary/aromatic N) is 4. The molecule has 0 N–H and O–H groups in total. The number of hydrogen-bond acceptors (Lipinski definition) is 5. The van der Waals surface area contributed by atoms with Gasteiger partial charge in [-0.2, -0.15) is 0 Å². The van der Waals surface area contributed by atoms with E-state index in [4.69, 9.17) is 14.5 Å². The van der Waals surface area contributed by atoms with Crippen molar-refractivity contribution >= 4 is 0 Å². The van der Waals surface area contributed by atoms with Gasteiger partial charge in [0.15, 0.2) is 0 Å². The smallest absolute Gasteiger partial charge is 0.110 e. The van der Waals surface area contributed by atoms with Crippen LogP contribution in [0.2, 0.25) is 0 Å². The predicted octanol–water partition coefficient (Wildman–Crippen LogP) is 0.362. The van der Waals surface area contributed by atoms with Gasteiger partial charge in [-0.15, -0.1) is 0 Å². The van der Waals surface area contributed by atoms with E-state index in [2.05, 4.69) is 20.6 Å². The average Bonchev–Trinajstić information content (AvgIpc) is 3.16. The highest BCUT2D eigenvalue weighted by Gasteiger charge is 2.26. The Morgan fingerprint density at radius 1 is 1.05 bits per heavy atom. The van der Waals surface area contributed by atoms with E-state index in [1.54, 1.807) is 0 Å². The molecule has 4 rings (SSSR count). The second kappa shape index (κ2) is 6.66. The largest absolute Gasteiger partial charge is 0.380 e. The summed E-state index contributed by atoms with van der Waals surface area (Å²) in [5.74, 6) is 1.25. The predicted molar refractivity (Wildman–Crippen MR) is 82.8 cm³/mol. The minimum Gasteiger partial charge on any atom is -0.380 e. The van der Waals surface area contributed by atoms with Crippen molar-refractivity contribution in [2.45, 2.75) is 32.0 Å². The second-order valence-electron chi connectivity index (χ2n) is 6.51. The molecule has 0 bridgehead atoms. The molecule has 2 saturated heterocycles. The minimum atomic E-state index is 0.618. The molecule has 22 heavy (non-hydrogen) atoms. The van der Waals surface area contributed by atoms with Gasteiger partial charge in [-0.1, -0.05) is 0 Å². The van der Waals surface area contributed by atoms with Crippen LogP contribution in [0.1, 0.15) is 17.9 Å². The lowest BCUT2D eigenvalue weighted by molar-refractivity contribution is 0.0331. The molecule has 3 aliphatic heterocycles. The summed E-state index contributed by atoms with van der Waals surface area (Å²) in [4.78, 5) is 9.76. The summed E-state index contributed by atoms with van der Waals surface area (Å²) < 4.78 is 13.4. The summed E-state index contributed by atoms with van der Waals surface area (Å²) in [6, 6.07) is 0.618. The molecule has 2 fully saturated rings. The Balaban J connectivity index is 1.42. The molecule has 0 saturated carbocycles. The van der Waals surface area contributed by atoms with E-state index < -0.39 is 0 Å². The number of ether oxygens (including phenoxy) is 2. The van der Waals surface area contributed by atoms with Gasteiger partial charge < -0.3 is 14.0 Å². The normalized spacial score (nSPS) is 27.7. The van der Waals surface area contributed by atoms with Crippen LogP contribution in [0.15, 0.2) is 6.20 Å². The van der Waals surface area contributed by atoms with Gasteiger partial charge in [0.1, 0.15) is 5.82 Å². The second-order valence-corrected chi connectivity index (χ2v) is 6.51. The molecule has 0 aromatic carbocycles. The molecule has 4 heterocycles. The zero-order valence-electron chi connectivity index (χ0n) is 13.2. The first-order chi connectivity index (χ1) is 10.9. The third-order valence-corrected chi connectivity index (χ3v) is 5.17. The Bertz CT molecular complexity index is 492. The van der Waals surface area contributed by atoms with Crippen LogP contribution in [0.3, 0.4) is 0 Å². The molecule has 122 valence electrons. The Morgan fingerprint density at radius 2 is 1.95 bits per heavy atom. The zero-order chi connectivity index (χ0) is 14.8. The number of rotatable bonds is 3. The van der Waals surface area contributed by atoms with Gasteiger partial charge in [-0.05, 0) is 6.42 Å². The monoisotopic (exact) mass is 306 g/mol. The van der Waals surface area contributed by atoms with E-state index in [0.717, 1.165) is 72.1 Å². The molecule has 0 aliphatic carbocycles. The molecule has 1 unspecified atom stereocenters. The fourth-order valence-corrected chi connectivity index (χ4v) is 3.80. The van der Waals surface area contributed by atoms with Crippen molar-refractivity contribution in [1.29, 1.82) is 0 Å². The van der Waals surface area contributed by atoms with Crippen LogP contribution in [0.25, 0.3) is 0 Å². The van der Waals surface area contributed by atoms with Crippen LogP contribution in [-0.2, 0) is 29.0 Å². The molecule has 6 heteroatoms. The quantitative estimate of drug-likeness (QED) is 0.807. The molecule has 0 spiro atoms. The molecule has 6 nitrogen and oxygen atoms in total. The maximum Gasteiger partial charge on any atom is 0.110 e. The SMILES string of the molecule is c1nc2n(c1CN1CCOCC1)CCN(C1CCOC1)CC2. The zero-order valence-corrected chi connectivity index (χ0v) is 13.2. The Labute approximate surface area is 132 Å². The molecule has 1 atom stereocenters. The maximum absolute atomic E-state index is 5.55. The highest BCUT2D eigenvalue weighted by molar-refractivity contribution is 5.08. The summed E-state index contributed by atoms with van der Waals surface area (Å²) in [6.07, 6.45) is 4.32. The van der Waals surface area contributed by atoms with Crippen LogP contribution >= 0.6 is 0 Å². The van der Waals surface area contributed by atoms with Crippen molar-refractivity contribution in [3.8, 4) is 0 Å². The van der Waals surface area contributed by atoms with Crippen molar-refractivity contribution in [2.75, 3.05) is 52.6 Å². The van der Waals surface area contributed by atoms with E-state index in [1.165, 1.54) is 17.9 Å². The van der Waals surface area contributed by atoms with Gasteiger partial charge in [0, 0.05) is 64.5 Å². The van der Waals surface area contributed by atoms with E-state index in [-0.39, 0.29) is 0 Å². The lowest BCUT2D eigenvalue weighted by Gasteiger charge is -2.27. The van der Waals surface area contributed by atoms with E-state index in [0.29, 0.717) is 6.04 Å². The number of morpholine rings is 1. The van der Waals surface area contributed by atoms with E-state index >= 15 is 0 Å². The van der Waals surface area contributed by atoms with Gasteiger partial charge in [-0.25, -0.2) is 4.98 Å². The molecule has 1 aromatic rings. The van der Waals surface area contributed by atoms with Crippen molar-refractivity contribution < 1.29 is 9.47 Å². The van der Waals surface area contributed by atoms with E-state index in [1.807, 2.05) is 0 Å². The van der Waals surface area contributed by atoms with Crippen molar-refractivity contribution in [3.05, 3.63) is 17.7 Å². The summed E-state index contributed by atoms with van der Waals surface area (Å²) in [6.45, 7) is 9.91. The molecule has 1 aromatic heterocycles. The minimum absolute atomic E-state index is 0.618. The van der Waals surface area contributed by atoms with Crippen molar-refractivity contribution in [1.82, 2.24) is 19.4 Å². The van der Waals surface area contributed by atoms with Gasteiger partial charge in [-0.3, -0.25) is 9.80 Å². The fraction of sp³-hybridized carbons (Fsp3) is 0.812. The van der Waals surface area contributed by atoms with Crippen LogP contribution in [0, 0.1) is 0 Å². The average molecular weight is 306 g/mol. The molecule has 3 aliphatic rings. The topological polar surface area (TPSA) is 42.8 Å². The standard InChI is InChI=1S/C16H26N4O2/c1-3-19(14-2-8-22-13-14)4-5-20-15(11-17-16(1)20)12-18-6-9-21-10-7-18/h11,14H,1-10,12-13H2. The number of imidazole rings is 1. The third-order valence-electron chi connectivity index (χ3n) is 5.17. The highest BCUT2D eigenvalue weighted by Crippen LogP contribution is 2.18. The Hall–Kier alpha value is -0.950. The number of aromatic nitrogens is 2. The number of fused-ring (bicyclic) bond motifs is 1. The summed E-state index contributed by atoms with van der Waals surface area (Å²) in [5, 5.41) is 0.